The normalized spacial score (nSPS) is 22.1. The van der Waals surface area contributed by atoms with Crippen molar-refractivity contribution in [1.82, 2.24) is 15.1 Å². The van der Waals surface area contributed by atoms with Gasteiger partial charge in [-0.1, -0.05) is 20.8 Å². The monoisotopic (exact) mass is 333 g/mol. The van der Waals surface area contributed by atoms with Gasteiger partial charge in [-0.05, 0) is 56.9 Å². The van der Waals surface area contributed by atoms with Crippen molar-refractivity contribution in [2.45, 2.75) is 72.3 Å². The molecule has 24 heavy (non-hydrogen) atoms. The number of rotatable bonds is 1. The van der Waals surface area contributed by atoms with Crippen LogP contribution in [0.25, 0.3) is 0 Å². The summed E-state index contributed by atoms with van der Waals surface area (Å²) in [6.45, 7) is 14.1. The summed E-state index contributed by atoms with van der Waals surface area (Å²) in [5.41, 5.74) is 3.79. The van der Waals surface area contributed by atoms with Gasteiger partial charge < -0.3 is 9.64 Å². The van der Waals surface area contributed by atoms with Gasteiger partial charge in [0.05, 0.1) is 5.69 Å². The summed E-state index contributed by atoms with van der Waals surface area (Å²) >= 11 is 0. The molecule has 3 rings (SSSR count). The fraction of sp³-hybridized carbons (Fsp3) is 0.789. The van der Waals surface area contributed by atoms with Crippen molar-refractivity contribution in [3.8, 4) is 0 Å². The summed E-state index contributed by atoms with van der Waals surface area (Å²) in [7, 11) is 0. The Kier molecular flexibility index (Phi) is 4.17. The van der Waals surface area contributed by atoms with Crippen LogP contribution >= 0.6 is 0 Å². The lowest BCUT2D eigenvalue weighted by atomic mass is 9.71. The van der Waals surface area contributed by atoms with Crippen LogP contribution in [0.3, 0.4) is 0 Å². The van der Waals surface area contributed by atoms with Crippen LogP contribution in [0, 0.1) is 11.3 Å². The van der Waals surface area contributed by atoms with Crippen LogP contribution in [0.2, 0.25) is 0 Å². The number of H-pyrrole nitrogens is 1. The molecule has 1 unspecified atom stereocenters. The van der Waals surface area contributed by atoms with E-state index in [1.54, 1.807) is 4.90 Å². The summed E-state index contributed by atoms with van der Waals surface area (Å²) < 4.78 is 5.44. The second kappa shape index (κ2) is 5.78. The maximum atomic E-state index is 12.1. The quantitative estimate of drug-likeness (QED) is 0.848. The summed E-state index contributed by atoms with van der Waals surface area (Å²) in [4.78, 5) is 13.9. The molecule has 1 aromatic heterocycles. The smallest absolute Gasteiger partial charge is 0.410 e. The molecule has 0 aromatic carbocycles. The van der Waals surface area contributed by atoms with Gasteiger partial charge in [-0.15, -0.1) is 0 Å². The third kappa shape index (κ3) is 3.45. The van der Waals surface area contributed by atoms with Gasteiger partial charge in [-0.25, -0.2) is 4.79 Å². The largest absolute Gasteiger partial charge is 0.444 e. The minimum absolute atomic E-state index is 0.212. The zero-order chi connectivity index (χ0) is 17.7. The van der Waals surface area contributed by atoms with Crippen molar-refractivity contribution in [3.05, 3.63) is 17.0 Å². The van der Waals surface area contributed by atoms with Gasteiger partial charge in [-0.2, -0.15) is 5.10 Å². The Hall–Kier alpha value is -1.52. The number of hydrogen-bond acceptors (Lipinski definition) is 3. The van der Waals surface area contributed by atoms with E-state index in [2.05, 4.69) is 31.0 Å². The number of amides is 1. The van der Waals surface area contributed by atoms with Crippen LogP contribution in [0.1, 0.15) is 70.8 Å². The highest BCUT2D eigenvalue weighted by molar-refractivity contribution is 5.69. The lowest BCUT2D eigenvalue weighted by Gasteiger charge is -2.40. The first kappa shape index (κ1) is 17.3. The summed E-state index contributed by atoms with van der Waals surface area (Å²) in [5, 5.41) is 7.85. The maximum Gasteiger partial charge on any atom is 0.410 e. The highest BCUT2D eigenvalue weighted by Gasteiger charge is 2.39. The van der Waals surface area contributed by atoms with Crippen LogP contribution in [-0.4, -0.2) is 39.9 Å². The first-order valence-electron chi connectivity index (χ1n) is 9.08. The molecule has 1 amide bonds. The van der Waals surface area contributed by atoms with Gasteiger partial charge in [0.25, 0.3) is 0 Å². The van der Waals surface area contributed by atoms with Gasteiger partial charge >= 0.3 is 6.09 Å². The lowest BCUT2D eigenvalue weighted by Crippen LogP contribution is -2.50. The Morgan fingerprint density at radius 1 is 1.21 bits per heavy atom. The first-order valence-corrected chi connectivity index (χ1v) is 9.08. The van der Waals surface area contributed by atoms with E-state index in [1.807, 2.05) is 20.8 Å². The standard InChI is InChI=1S/C19H31N3O2/c1-18(2,3)13-7-8-15-14(9-13)16(21-20-15)12-10-22(11-12)17(23)24-19(4,5)6/h12-13H,7-11H2,1-6H3,(H,20,21). The van der Waals surface area contributed by atoms with Crippen LogP contribution < -0.4 is 0 Å². The molecule has 2 aliphatic rings. The number of carbonyl (C=O) groups excluding carboxylic acids is 1. The number of likely N-dealkylation sites (tertiary alicyclic amines) is 1. The van der Waals surface area contributed by atoms with Crippen LogP contribution in [0.5, 0.6) is 0 Å². The molecule has 0 spiro atoms. The summed E-state index contributed by atoms with van der Waals surface area (Å²) in [6, 6.07) is 0. The summed E-state index contributed by atoms with van der Waals surface area (Å²) in [5.74, 6) is 1.04. The number of hydrogen-bond donors (Lipinski definition) is 1. The SMILES string of the molecule is CC(C)(C)OC(=O)N1CC(c2n[nH]c3c2CC(C(C)(C)C)CC3)C1. The molecular weight excluding hydrogens is 302 g/mol. The third-order valence-corrected chi connectivity index (χ3v) is 5.32. The number of nitrogens with one attached hydrogen (secondary N) is 1. The molecule has 1 aromatic rings. The predicted octanol–water partition coefficient (Wildman–Crippen LogP) is 3.90. The average Bonchev–Trinajstić information content (AvgIpc) is 2.77. The molecule has 2 heterocycles. The Morgan fingerprint density at radius 3 is 2.46 bits per heavy atom. The number of aromatic nitrogens is 2. The Bertz CT molecular complexity index is 616. The molecule has 1 saturated heterocycles. The number of ether oxygens (including phenoxy) is 1. The van der Waals surface area contributed by atoms with Gasteiger partial charge in [0.2, 0.25) is 0 Å². The molecule has 5 heteroatoms. The molecule has 0 bridgehead atoms. The minimum atomic E-state index is -0.437. The van der Waals surface area contributed by atoms with E-state index in [4.69, 9.17) is 4.74 Å². The molecule has 5 nitrogen and oxygen atoms in total. The predicted molar refractivity (Wildman–Crippen MR) is 94.1 cm³/mol. The van der Waals surface area contributed by atoms with E-state index in [9.17, 15) is 4.79 Å². The molecule has 0 radical (unpaired) electrons. The zero-order valence-corrected chi connectivity index (χ0v) is 15.9. The van der Waals surface area contributed by atoms with Crippen LogP contribution in [0.4, 0.5) is 4.79 Å². The molecule has 1 N–H and O–H groups in total. The van der Waals surface area contributed by atoms with E-state index < -0.39 is 5.60 Å². The second-order valence-corrected chi connectivity index (χ2v) is 9.45. The molecule has 1 fully saturated rings. The van der Waals surface area contributed by atoms with Gasteiger partial charge in [0.15, 0.2) is 0 Å². The molecular formula is C19H31N3O2. The highest BCUT2D eigenvalue weighted by Crippen LogP contribution is 2.40. The molecule has 1 atom stereocenters. The molecule has 134 valence electrons. The van der Waals surface area contributed by atoms with Crippen molar-refractivity contribution in [3.63, 3.8) is 0 Å². The van der Waals surface area contributed by atoms with Gasteiger partial charge in [0, 0.05) is 24.7 Å². The Balaban J connectivity index is 1.65. The zero-order valence-electron chi connectivity index (χ0n) is 15.9. The Morgan fingerprint density at radius 2 is 1.88 bits per heavy atom. The number of fused-ring (bicyclic) bond motifs is 1. The lowest BCUT2D eigenvalue weighted by molar-refractivity contribution is 0.00776. The van der Waals surface area contributed by atoms with Crippen molar-refractivity contribution in [2.24, 2.45) is 11.3 Å². The average molecular weight is 333 g/mol. The van der Waals surface area contributed by atoms with Crippen LogP contribution in [-0.2, 0) is 17.6 Å². The number of aromatic amines is 1. The summed E-state index contributed by atoms with van der Waals surface area (Å²) in [6.07, 6.45) is 3.21. The first-order chi connectivity index (χ1) is 11.0. The molecule has 1 aliphatic heterocycles. The van der Waals surface area contributed by atoms with E-state index in [1.165, 1.54) is 23.4 Å². The number of nitrogens with zero attached hydrogens (tertiary/aromatic N) is 2. The fourth-order valence-corrected chi connectivity index (χ4v) is 3.72. The van der Waals surface area contributed by atoms with E-state index in [0.29, 0.717) is 30.3 Å². The van der Waals surface area contributed by atoms with Crippen LogP contribution in [0.15, 0.2) is 0 Å². The molecule has 1 aliphatic carbocycles. The number of aryl methyl sites for hydroxylation is 1. The third-order valence-electron chi connectivity index (χ3n) is 5.32. The van der Waals surface area contributed by atoms with E-state index in [0.717, 1.165) is 12.8 Å². The second-order valence-electron chi connectivity index (χ2n) is 9.45. The van der Waals surface area contributed by atoms with Crippen molar-refractivity contribution >= 4 is 6.09 Å². The van der Waals surface area contributed by atoms with E-state index >= 15 is 0 Å². The maximum absolute atomic E-state index is 12.1. The molecule has 0 saturated carbocycles. The van der Waals surface area contributed by atoms with Crippen molar-refractivity contribution < 1.29 is 9.53 Å². The topological polar surface area (TPSA) is 58.2 Å². The number of carbonyl (C=O) groups is 1. The fourth-order valence-electron chi connectivity index (χ4n) is 3.72. The Labute approximate surface area is 145 Å². The van der Waals surface area contributed by atoms with Crippen molar-refractivity contribution in [2.75, 3.05) is 13.1 Å². The van der Waals surface area contributed by atoms with E-state index in [-0.39, 0.29) is 6.09 Å². The van der Waals surface area contributed by atoms with Gasteiger partial charge in [0.1, 0.15) is 5.60 Å². The highest BCUT2D eigenvalue weighted by atomic mass is 16.6. The minimum Gasteiger partial charge on any atom is -0.444 e. The van der Waals surface area contributed by atoms with Gasteiger partial charge in [-0.3, -0.25) is 5.10 Å². The van der Waals surface area contributed by atoms with Crippen molar-refractivity contribution in [1.29, 1.82) is 0 Å².